The zero-order chi connectivity index (χ0) is 13.5. The van der Waals surface area contributed by atoms with Crippen LogP contribution in [0.5, 0.6) is 5.75 Å². The molecule has 1 aromatic carbocycles. The van der Waals surface area contributed by atoms with Crippen LogP contribution in [0.1, 0.15) is 19.4 Å². The highest BCUT2D eigenvalue weighted by Crippen LogP contribution is 2.22. The highest BCUT2D eigenvalue weighted by molar-refractivity contribution is 6.30. The van der Waals surface area contributed by atoms with Gasteiger partial charge < -0.3 is 15.0 Å². The van der Waals surface area contributed by atoms with Crippen LogP contribution in [0.15, 0.2) is 18.2 Å². The molecular weight excluding hydrogens is 248 g/mol. The second-order valence-electron chi connectivity index (χ2n) is 4.59. The molecule has 0 radical (unpaired) electrons. The fourth-order valence-electron chi connectivity index (χ4n) is 1.81. The fourth-order valence-corrected chi connectivity index (χ4v) is 1.97. The smallest absolute Gasteiger partial charge is 0.124 e. The minimum atomic E-state index is 0.440. The number of ether oxygens (including phenoxy) is 1. The number of halogens is 1. The van der Waals surface area contributed by atoms with E-state index in [9.17, 15) is 0 Å². The summed E-state index contributed by atoms with van der Waals surface area (Å²) in [5.74, 6) is 0.839. The zero-order valence-electron chi connectivity index (χ0n) is 11.7. The molecule has 0 aliphatic heterocycles. The first-order valence-electron chi connectivity index (χ1n) is 6.31. The molecule has 0 bridgehead atoms. The lowest BCUT2D eigenvalue weighted by atomic mass is 10.2. The zero-order valence-corrected chi connectivity index (χ0v) is 12.4. The Hall–Kier alpha value is -0.770. The lowest BCUT2D eigenvalue weighted by Crippen LogP contribution is -2.36. The number of hydrogen-bond donors (Lipinski definition) is 1. The van der Waals surface area contributed by atoms with E-state index in [2.05, 4.69) is 31.1 Å². The van der Waals surface area contributed by atoms with Gasteiger partial charge in [0.15, 0.2) is 0 Å². The molecule has 1 unspecified atom stereocenters. The third-order valence-corrected chi connectivity index (χ3v) is 3.25. The van der Waals surface area contributed by atoms with E-state index in [0.29, 0.717) is 11.1 Å². The van der Waals surface area contributed by atoms with Crippen molar-refractivity contribution >= 4 is 11.6 Å². The third kappa shape index (κ3) is 4.84. The van der Waals surface area contributed by atoms with Crippen molar-refractivity contribution in [2.24, 2.45) is 0 Å². The van der Waals surface area contributed by atoms with E-state index in [0.717, 1.165) is 30.9 Å². The molecule has 0 saturated heterocycles. The van der Waals surface area contributed by atoms with Crippen molar-refractivity contribution in [3.8, 4) is 5.75 Å². The lowest BCUT2D eigenvalue weighted by Gasteiger charge is -2.21. The largest absolute Gasteiger partial charge is 0.496 e. The van der Waals surface area contributed by atoms with Gasteiger partial charge in [0, 0.05) is 29.7 Å². The van der Waals surface area contributed by atoms with Gasteiger partial charge in [-0.1, -0.05) is 24.6 Å². The van der Waals surface area contributed by atoms with E-state index in [1.807, 2.05) is 18.2 Å². The van der Waals surface area contributed by atoms with Gasteiger partial charge in [0.25, 0.3) is 0 Å². The Morgan fingerprint density at radius 1 is 1.44 bits per heavy atom. The Kier molecular flexibility index (Phi) is 6.47. The van der Waals surface area contributed by atoms with Crippen molar-refractivity contribution < 1.29 is 4.74 Å². The SMILES string of the molecule is CCN(C)CC(C)NCc1ccc(Cl)cc1OC. The predicted octanol–water partition coefficient (Wildman–Crippen LogP) is 2.78. The van der Waals surface area contributed by atoms with E-state index < -0.39 is 0 Å². The number of nitrogens with one attached hydrogen (secondary N) is 1. The van der Waals surface area contributed by atoms with Gasteiger partial charge in [-0.05, 0) is 32.6 Å². The number of nitrogens with zero attached hydrogens (tertiary/aromatic N) is 1. The van der Waals surface area contributed by atoms with Crippen molar-refractivity contribution in [2.75, 3.05) is 27.2 Å². The molecule has 1 N–H and O–H groups in total. The van der Waals surface area contributed by atoms with E-state index in [1.165, 1.54) is 0 Å². The number of hydrogen-bond acceptors (Lipinski definition) is 3. The van der Waals surface area contributed by atoms with Crippen LogP contribution in [0.25, 0.3) is 0 Å². The van der Waals surface area contributed by atoms with Crippen molar-refractivity contribution in [3.63, 3.8) is 0 Å². The molecule has 0 heterocycles. The maximum Gasteiger partial charge on any atom is 0.124 e. The van der Waals surface area contributed by atoms with E-state index in [1.54, 1.807) is 7.11 Å². The van der Waals surface area contributed by atoms with Crippen LogP contribution in [0.2, 0.25) is 5.02 Å². The average molecular weight is 271 g/mol. The maximum absolute atomic E-state index is 5.94. The van der Waals surface area contributed by atoms with E-state index in [4.69, 9.17) is 16.3 Å². The molecule has 0 spiro atoms. The van der Waals surface area contributed by atoms with Crippen LogP contribution in [0, 0.1) is 0 Å². The van der Waals surface area contributed by atoms with Gasteiger partial charge in [0.2, 0.25) is 0 Å². The Morgan fingerprint density at radius 3 is 2.78 bits per heavy atom. The monoisotopic (exact) mass is 270 g/mol. The second-order valence-corrected chi connectivity index (χ2v) is 5.03. The fraction of sp³-hybridized carbons (Fsp3) is 0.571. The second kappa shape index (κ2) is 7.62. The van der Waals surface area contributed by atoms with Gasteiger partial charge >= 0.3 is 0 Å². The minimum absolute atomic E-state index is 0.440. The van der Waals surface area contributed by atoms with Crippen molar-refractivity contribution in [2.45, 2.75) is 26.4 Å². The molecule has 0 aliphatic carbocycles. The Labute approximate surface area is 115 Å². The van der Waals surface area contributed by atoms with Crippen LogP contribution >= 0.6 is 11.6 Å². The van der Waals surface area contributed by atoms with Crippen molar-refractivity contribution in [1.29, 1.82) is 0 Å². The molecule has 18 heavy (non-hydrogen) atoms. The molecule has 0 amide bonds. The summed E-state index contributed by atoms with van der Waals surface area (Å²) in [6.07, 6.45) is 0. The first-order chi connectivity index (χ1) is 8.56. The summed E-state index contributed by atoms with van der Waals surface area (Å²) in [5, 5.41) is 4.20. The van der Waals surface area contributed by atoms with Gasteiger partial charge in [-0.25, -0.2) is 0 Å². The van der Waals surface area contributed by atoms with Gasteiger partial charge in [-0.2, -0.15) is 0 Å². The number of methoxy groups -OCH3 is 1. The highest BCUT2D eigenvalue weighted by atomic mass is 35.5. The molecule has 4 heteroatoms. The Bertz CT molecular complexity index is 371. The number of rotatable bonds is 7. The molecule has 0 saturated carbocycles. The van der Waals surface area contributed by atoms with Crippen LogP contribution in [-0.4, -0.2) is 38.2 Å². The van der Waals surface area contributed by atoms with Gasteiger partial charge in [0.05, 0.1) is 7.11 Å². The molecule has 1 atom stereocenters. The first-order valence-corrected chi connectivity index (χ1v) is 6.69. The number of likely N-dealkylation sites (N-methyl/N-ethyl adjacent to an activating group) is 1. The maximum atomic E-state index is 5.94. The van der Waals surface area contributed by atoms with E-state index >= 15 is 0 Å². The summed E-state index contributed by atoms with van der Waals surface area (Å²) in [4.78, 5) is 2.29. The molecule has 1 rings (SSSR count). The topological polar surface area (TPSA) is 24.5 Å². The summed E-state index contributed by atoms with van der Waals surface area (Å²) >= 11 is 5.94. The Balaban J connectivity index is 2.52. The van der Waals surface area contributed by atoms with Gasteiger partial charge in [-0.15, -0.1) is 0 Å². The standard InChI is InChI=1S/C14H23ClN2O/c1-5-17(3)10-11(2)16-9-12-6-7-13(15)8-14(12)18-4/h6-8,11,16H,5,9-10H2,1-4H3. The third-order valence-electron chi connectivity index (χ3n) is 3.02. The minimum Gasteiger partial charge on any atom is -0.496 e. The summed E-state index contributed by atoms with van der Waals surface area (Å²) < 4.78 is 5.33. The quantitative estimate of drug-likeness (QED) is 0.825. The van der Waals surface area contributed by atoms with Crippen LogP contribution in [0.3, 0.4) is 0 Å². The molecule has 0 aromatic heterocycles. The van der Waals surface area contributed by atoms with Crippen molar-refractivity contribution in [3.05, 3.63) is 28.8 Å². The summed E-state index contributed by atoms with van der Waals surface area (Å²) in [7, 11) is 3.80. The average Bonchev–Trinajstić information content (AvgIpc) is 2.36. The highest BCUT2D eigenvalue weighted by Gasteiger charge is 2.07. The van der Waals surface area contributed by atoms with E-state index in [-0.39, 0.29) is 0 Å². The normalized spacial score (nSPS) is 12.8. The number of benzene rings is 1. The Morgan fingerprint density at radius 2 is 2.17 bits per heavy atom. The molecule has 102 valence electrons. The summed E-state index contributed by atoms with van der Waals surface area (Å²) in [5.41, 5.74) is 1.13. The predicted molar refractivity (Wildman–Crippen MR) is 77.5 cm³/mol. The van der Waals surface area contributed by atoms with Crippen LogP contribution in [0.4, 0.5) is 0 Å². The van der Waals surface area contributed by atoms with Gasteiger partial charge in [-0.3, -0.25) is 0 Å². The molecular formula is C14H23ClN2O. The van der Waals surface area contributed by atoms with Crippen LogP contribution in [-0.2, 0) is 6.54 Å². The molecule has 0 fully saturated rings. The van der Waals surface area contributed by atoms with Gasteiger partial charge in [0.1, 0.15) is 5.75 Å². The lowest BCUT2D eigenvalue weighted by molar-refractivity contribution is 0.308. The first kappa shape index (κ1) is 15.3. The van der Waals surface area contributed by atoms with Crippen molar-refractivity contribution in [1.82, 2.24) is 10.2 Å². The molecule has 3 nitrogen and oxygen atoms in total. The molecule has 1 aromatic rings. The summed E-state index contributed by atoms with van der Waals surface area (Å²) in [6.45, 7) is 7.24. The summed E-state index contributed by atoms with van der Waals surface area (Å²) in [6, 6.07) is 6.19. The molecule has 0 aliphatic rings. The van der Waals surface area contributed by atoms with Crippen LogP contribution < -0.4 is 10.1 Å².